The fourth-order valence-electron chi connectivity index (χ4n) is 3.70. The maximum atomic E-state index is 12.9. The van der Waals surface area contributed by atoms with Crippen LogP contribution in [0.3, 0.4) is 0 Å². The fourth-order valence-corrected chi connectivity index (χ4v) is 3.70. The van der Waals surface area contributed by atoms with Crippen molar-refractivity contribution in [3.05, 3.63) is 47.6 Å². The minimum Gasteiger partial charge on any atom is -0.356 e. The third-order valence-electron chi connectivity index (χ3n) is 5.27. The molecule has 1 saturated heterocycles. The van der Waals surface area contributed by atoms with Crippen molar-refractivity contribution in [1.82, 2.24) is 20.4 Å². The Morgan fingerprint density at radius 3 is 2.72 bits per heavy atom. The summed E-state index contributed by atoms with van der Waals surface area (Å²) in [6.07, 6.45) is 1.91. The molecule has 29 heavy (non-hydrogen) atoms. The van der Waals surface area contributed by atoms with Crippen LogP contribution in [-0.2, 0) is 20.7 Å². The molecule has 0 unspecified atom stereocenters. The summed E-state index contributed by atoms with van der Waals surface area (Å²) in [6, 6.07) is 9.02. The van der Waals surface area contributed by atoms with Gasteiger partial charge in [-0.15, -0.1) is 0 Å². The van der Waals surface area contributed by atoms with Gasteiger partial charge in [0.05, 0.1) is 6.04 Å². The van der Waals surface area contributed by atoms with Gasteiger partial charge < -0.3 is 19.5 Å². The Labute approximate surface area is 169 Å². The summed E-state index contributed by atoms with van der Waals surface area (Å²) in [4.78, 5) is 31.5. The first kappa shape index (κ1) is 19.6. The second kappa shape index (κ2) is 8.32. The minimum absolute atomic E-state index is 0.0490. The van der Waals surface area contributed by atoms with Gasteiger partial charge in [0.1, 0.15) is 6.61 Å². The Hall–Kier alpha value is -2.74. The van der Waals surface area contributed by atoms with Crippen LogP contribution in [0.2, 0.25) is 0 Å². The lowest BCUT2D eigenvalue weighted by Crippen LogP contribution is -2.56. The molecule has 1 N–H and O–H groups in total. The van der Waals surface area contributed by atoms with Crippen LogP contribution in [0.1, 0.15) is 55.9 Å². The van der Waals surface area contributed by atoms with Gasteiger partial charge >= 0.3 is 0 Å². The number of hydrogen-bond acceptors (Lipinski definition) is 6. The first-order valence-corrected chi connectivity index (χ1v) is 10.1. The summed E-state index contributed by atoms with van der Waals surface area (Å²) in [5.74, 6) is 1.33. The van der Waals surface area contributed by atoms with Crippen molar-refractivity contribution in [2.75, 3.05) is 13.2 Å². The van der Waals surface area contributed by atoms with Gasteiger partial charge in [-0.3, -0.25) is 9.59 Å². The number of carbonyl (C=O) groups excluding carboxylic acids is 2. The van der Waals surface area contributed by atoms with Crippen LogP contribution in [0.4, 0.5) is 0 Å². The molecule has 1 aromatic heterocycles. The van der Waals surface area contributed by atoms with Crippen molar-refractivity contribution >= 4 is 11.8 Å². The number of ether oxygens (including phenoxy) is 1. The molecule has 2 heterocycles. The Kier molecular flexibility index (Phi) is 5.62. The summed E-state index contributed by atoms with van der Waals surface area (Å²) in [6.45, 7) is 4.16. The first-order valence-electron chi connectivity index (χ1n) is 10.1. The molecule has 1 aromatic carbocycles. The van der Waals surface area contributed by atoms with E-state index in [-0.39, 0.29) is 24.5 Å². The molecule has 8 heteroatoms. The van der Waals surface area contributed by atoms with Crippen LogP contribution in [0, 0.1) is 0 Å². The summed E-state index contributed by atoms with van der Waals surface area (Å²) < 4.78 is 10.9. The highest BCUT2D eigenvalue weighted by molar-refractivity contribution is 5.86. The van der Waals surface area contributed by atoms with Crippen molar-refractivity contribution in [3.8, 4) is 0 Å². The van der Waals surface area contributed by atoms with Gasteiger partial charge in [0.25, 0.3) is 5.91 Å². The average Bonchev–Trinajstić information content (AvgIpc) is 3.46. The Morgan fingerprint density at radius 2 is 2.03 bits per heavy atom. The van der Waals surface area contributed by atoms with Crippen LogP contribution in [0.5, 0.6) is 0 Å². The molecule has 1 saturated carbocycles. The number of aromatic nitrogens is 2. The minimum atomic E-state index is -0.773. The standard InChI is InChI=1S/C21H26N4O4/c1-13(2)25-17(26)12-28-19(18(25)14-6-4-3-5-7-14)20(27)22-11-10-16-23-21(29-24-16)15-8-9-15/h3-7,13,15,18-19H,8-12H2,1-2H3,(H,22,27)/t18-,19+/m1/s1. The van der Waals surface area contributed by atoms with Crippen LogP contribution in [0.15, 0.2) is 34.9 Å². The largest absolute Gasteiger partial charge is 0.356 e. The second-order valence-corrected chi connectivity index (χ2v) is 7.85. The van der Waals surface area contributed by atoms with E-state index in [1.807, 2.05) is 44.2 Å². The zero-order chi connectivity index (χ0) is 20.4. The van der Waals surface area contributed by atoms with Crippen molar-refractivity contribution < 1.29 is 18.8 Å². The predicted molar refractivity (Wildman–Crippen MR) is 104 cm³/mol. The zero-order valence-electron chi connectivity index (χ0n) is 16.7. The maximum absolute atomic E-state index is 12.9. The van der Waals surface area contributed by atoms with E-state index in [9.17, 15) is 9.59 Å². The molecule has 0 spiro atoms. The van der Waals surface area contributed by atoms with E-state index < -0.39 is 12.1 Å². The van der Waals surface area contributed by atoms with Crippen molar-refractivity contribution in [1.29, 1.82) is 0 Å². The molecule has 8 nitrogen and oxygen atoms in total. The third kappa shape index (κ3) is 4.32. The van der Waals surface area contributed by atoms with Gasteiger partial charge in [0.2, 0.25) is 11.8 Å². The lowest BCUT2D eigenvalue weighted by molar-refractivity contribution is -0.167. The number of benzene rings is 1. The number of hydrogen-bond donors (Lipinski definition) is 1. The summed E-state index contributed by atoms with van der Waals surface area (Å²) in [5.41, 5.74) is 0.877. The Balaban J connectivity index is 1.43. The third-order valence-corrected chi connectivity index (χ3v) is 5.27. The number of carbonyl (C=O) groups is 2. The number of nitrogens with zero attached hydrogens (tertiary/aromatic N) is 3. The number of nitrogens with one attached hydrogen (secondary N) is 1. The van der Waals surface area contributed by atoms with E-state index >= 15 is 0 Å². The molecule has 0 bridgehead atoms. The summed E-state index contributed by atoms with van der Waals surface area (Å²) in [7, 11) is 0. The summed E-state index contributed by atoms with van der Waals surface area (Å²) in [5, 5.41) is 6.88. The highest BCUT2D eigenvalue weighted by Crippen LogP contribution is 2.38. The van der Waals surface area contributed by atoms with Crippen molar-refractivity contribution in [3.63, 3.8) is 0 Å². The topological polar surface area (TPSA) is 97.6 Å². The van der Waals surface area contributed by atoms with Gasteiger partial charge in [-0.2, -0.15) is 4.98 Å². The second-order valence-electron chi connectivity index (χ2n) is 7.85. The molecule has 0 radical (unpaired) electrons. The van der Waals surface area contributed by atoms with E-state index in [2.05, 4.69) is 15.5 Å². The van der Waals surface area contributed by atoms with Crippen LogP contribution < -0.4 is 5.32 Å². The first-order chi connectivity index (χ1) is 14.0. The molecule has 2 fully saturated rings. The normalized spacial score (nSPS) is 22.2. The number of morpholine rings is 1. The molecule has 1 aliphatic heterocycles. The highest BCUT2D eigenvalue weighted by Gasteiger charge is 2.42. The lowest BCUT2D eigenvalue weighted by atomic mass is 9.96. The molecule has 2 atom stereocenters. The Morgan fingerprint density at radius 1 is 1.28 bits per heavy atom. The van der Waals surface area contributed by atoms with Gasteiger partial charge in [-0.05, 0) is 32.3 Å². The van der Waals surface area contributed by atoms with Crippen molar-refractivity contribution in [2.24, 2.45) is 0 Å². The SMILES string of the molecule is CC(C)N1C(=O)CO[C@H](C(=O)NCCc2noc(C3CC3)n2)[C@H]1c1ccccc1. The van der Waals surface area contributed by atoms with Gasteiger partial charge in [-0.25, -0.2) is 0 Å². The lowest BCUT2D eigenvalue weighted by Gasteiger charge is -2.42. The predicted octanol–water partition coefficient (Wildman–Crippen LogP) is 1.98. The van der Waals surface area contributed by atoms with E-state index in [1.165, 1.54) is 0 Å². The van der Waals surface area contributed by atoms with E-state index in [0.29, 0.717) is 30.6 Å². The quantitative estimate of drug-likeness (QED) is 0.766. The fraction of sp³-hybridized carbons (Fsp3) is 0.524. The van der Waals surface area contributed by atoms with Gasteiger partial charge in [0, 0.05) is 24.9 Å². The molecule has 2 aliphatic rings. The van der Waals surface area contributed by atoms with E-state index in [4.69, 9.17) is 9.26 Å². The molecular weight excluding hydrogens is 372 g/mol. The molecule has 4 rings (SSSR count). The molecule has 1 aliphatic carbocycles. The van der Waals surface area contributed by atoms with Gasteiger partial charge in [-0.1, -0.05) is 35.5 Å². The number of amides is 2. The van der Waals surface area contributed by atoms with Crippen LogP contribution >= 0.6 is 0 Å². The monoisotopic (exact) mass is 398 g/mol. The number of rotatable bonds is 7. The van der Waals surface area contributed by atoms with Gasteiger partial charge in [0.15, 0.2) is 11.9 Å². The molecule has 2 amide bonds. The zero-order valence-corrected chi connectivity index (χ0v) is 16.7. The van der Waals surface area contributed by atoms with Crippen molar-refractivity contribution in [2.45, 2.75) is 57.2 Å². The van der Waals surface area contributed by atoms with E-state index in [0.717, 1.165) is 18.4 Å². The van der Waals surface area contributed by atoms with E-state index in [1.54, 1.807) is 4.90 Å². The van der Waals surface area contributed by atoms with Crippen LogP contribution in [-0.4, -0.2) is 52.2 Å². The molecule has 154 valence electrons. The average molecular weight is 398 g/mol. The smallest absolute Gasteiger partial charge is 0.251 e. The summed E-state index contributed by atoms with van der Waals surface area (Å²) >= 11 is 0. The maximum Gasteiger partial charge on any atom is 0.251 e. The highest BCUT2D eigenvalue weighted by atomic mass is 16.5. The molecule has 2 aromatic rings. The van der Waals surface area contributed by atoms with Crippen LogP contribution in [0.25, 0.3) is 0 Å². The molecular formula is C21H26N4O4. The Bertz CT molecular complexity index is 863.